The van der Waals surface area contributed by atoms with Crippen LogP contribution < -0.4 is 0 Å². The third-order valence-electron chi connectivity index (χ3n) is 10.4. The van der Waals surface area contributed by atoms with Gasteiger partial charge in [0.25, 0.3) is 0 Å². The van der Waals surface area contributed by atoms with E-state index in [1.54, 1.807) is 0 Å². The van der Waals surface area contributed by atoms with Crippen molar-refractivity contribution >= 4 is 54.3 Å². The number of furan rings is 1. The van der Waals surface area contributed by atoms with E-state index >= 15 is 0 Å². The van der Waals surface area contributed by atoms with Crippen LogP contribution in [0.1, 0.15) is 25.0 Å². The normalized spacial score (nSPS) is 13.6. The van der Waals surface area contributed by atoms with E-state index in [4.69, 9.17) is 4.42 Å². The van der Waals surface area contributed by atoms with Gasteiger partial charge in [-0.1, -0.05) is 147 Å². The van der Waals surface area contributed by atoms with Crippen molar-refractivity contribution in [2.75, 3.05) is 0 Å². The summed E-state index contributed by atoms with van der Waals surface area (Å²) < 4.78 is 6.78. The van der Waals surface area contributed by atoms with Crippen molar-refractivity contribution in [3.63, 3.8) is 0 Å². The molecule has 0 aliphatic heterocycles. The maximum absolute atomic E-state index is 6.78. The number of hydrogen-bond acceptors (Lipinski definition) is 1. The van der Waals surface area contributed by atoms with E-state index in [0.717, 1.165) is 27.5 Å². The molecule has 0 bridgehead atoms. The van der Waals surface area contributed by atoms with Crippen LogP contribution in [0.15, 0.2) is 150 Å². The lowest BCUT2D eigenvalue weighted by Gasteiger charge is -2.22. The molecule has 9 aromatic rings. The highest BCUT2D eigenvalue weighted by Crippen LogP contribution is 2.54. The van der Waals surface area contributed by atoms with Gasteiger partial charge in [-0.3, -0.25) is 0 Å². The fourth-order valence-corrected chi connectivity index (χ4v) is 8.35. The fraction of sp³-hybridized carbons (Fsp3) is 0.0667. The third-order valence-corrected chi connectivity index (χ3v) is 10.4. The third kappa shape index (κ3) is 3.35. The van der Waals surface area contributed by atoms with Gasteiger partial charge >= 0.3 is 0 Å². The largest absolute Gasteiger partial charge is 0.455 e. The van der Waals surface area contributed by atoms with Crippen LogP contribution in [0.4, 0.5) is 0 Å². The summed E-state index contributed by atoms with van der Waals surface area (Å²) >= 11 is 0. The molecule has 1 heterocycles. The second-order valence-electron chi connectivity index (χ2n) is 13.2. The first-order valence-electron chi connectivity index (χ1n) is 16.1. The molecule has 0 radical (unpaired) electrons. The lowest BCUT2D eigenvalue weighted by atomic mass is 9.80. The summed E-state index contributed by atoms with van der Waals surface area (Å²) in [6.45, 7) is 4.72. The van der Waals surface area contributed by atoms with E-state index < -0.39 is 0 Å². The summed E-state index contributed by atoms with van der Waals surface area (Å²) in [4.78, 5) is 0. The standard InChI is InChI=1S/C45H30O/c1-45(2)38-23-10-9-19-34(38)43-35(21-12-24-39(43)45)41-29-15-5-7-17-31(29)42(32-18-8-6-16-30(32)41)36-22-11-20-33-37-25-27-13-3-4-14-28(27)26-40(37)46-44(33)36/h3-26H,1-2H3. The zero-order chi connectivity index (χ0) is 30.6. The van der Waals surface area contributed by atoms with Gasteiger partial charge in [0.2, 0.25) is 0 Å². The number of hydrogen-bond donors (Lipinski definition) is 0. The first-order valence-corrected chi connectivity index (χ1v) is 16.1. The van der Waals surface area contributed by atoms with Crippen molar-refractivity contribution in [3.05, 3.63) is 157 Å². The van der Waals surface area contributed by atoms with E-state index in [1.807, 2.05) is 0 Å². The molecule has 10 rings (SSSR count). The van der Waals surface area contributed by atoms with E-state index in [1.165, 1.54) is 71.3 Å². The van der Waals surface area contributed by atoms with Crippen LogP contribution in [0, 0.1) is 0 Å². The van der Waals surface area contributed by atoms with Gasteiger partial charge in [0, 0.05) is 27.3 Å². The molecule has 8 aromatic carbocycles. The molecule has 1 aliphatic carbocycles. The molecule has 0 unspecified atom stereocenters. The Kier molecular flexibility index (Phi) is 5.12. The van der Waals surface area contributed by atoms with Crippen molar-refractivity contribution < 1.29 is 4.42 Å². The summed E-state index contributed by atoms with van der Waals surface area (Å²) in [5.41, 5.74) is 12.2. The summed E-state index contributed by atoms with van der Waals surface area (Å²) in [6.07, 6.45) is 0. The lowest BCUT2D eigenvalue weighted by molar-refractivity contribution is 0.660. The molecule has 0 N–H and O–H groups in total. The van der Waals surface area contributed by atoms with Crippen LogP contribution in [0.3, 0.4) is 0 Å². The molecule has 0 fully saturated rings. The van der Waals surface area contributed by atoms with Gasteiger partial charge in [-0.15, -0.1) is 0 Å². The Morgan fingerprint density at radius 3 is 1.61 bits per heavy atom. The summed E-state index contributed by atoms with van der Waals surface area (Å²) in [6, 6.07) is 53.3. The highest BCUT2D eigenvalue weighted by atomic mass is 16.3. The quantitative estimate of drug-likeness (QED) is 0.184. The Balaban J connectivity index is 1.33. The van der Waals surface area contributed by atoms with Gasteiger partial charge in [0.15, 0.2) is 0 Å². The zero-order valence-electron chi connectivity index (χ0n) is 25.8. The predicted octanol–water partition coefficient (Wildman–Crippen LogP) is 12.7. The van der Waals surface area contributed by atoms with Gasteiger partial charge in [-0.2, -0.15) is 0 Å². The smallest absolute Gasteiger partial charge is 0.143 e. The Morgan fingerprint density at radius 1 is 0.391 bits per heavy atom. The van der Waals surface area contributed by atoms with Crippen molar-refractivity contribution in [2.24, 2.45) is 0 Å². The Labute approximate surface area is 267 Å². The van der Waals surface area contributed by atoms with Crippen LogP contribution in [0.2, 0.25) is 0 Å². The van der Waals surface area contributed by atoms with Crippen LogP contribution >= 0.6 is 0 Å². The molecule has 216 valence electrons. The number of benzene rings is 8. The highest BCUT2D eigenvalue weighted by molar-refractivity contribution is 6.25. The van der Waals surface area contributed by atoms with Crippen molar-refractivity contribution in [2.45, 2.75) is 19.3 Å². The molecule has 1 nitrogen and oxygen atoms in total. The molecule has 0 saturated heterocycles. The van der Waals surface area contributed by atoms with Gasteiger partial charge < -0.3 is 4.42 Å². The second-order valence-corrected chi connectivity index (χ2v) is 13.2. The Hall–Kier alpha value is -5.66. The minimum atomic E-state index is -0.0603. The molecule has 0 spiro atoms. The summed E-state index contributed by atoms with van der Waals surface area (Å²) in [7, 11) is 0. The minimum absolute atomic E-state index is 0.0603. The van der Waals surface area contributed by atoms with Gasteiger partial charge in [-0.25, -0.2) is 0 Å². The van der Waals surface area contributed by atoms with E-state index in [9.17, 15) is 0 Å². The summed E-state index contributed by atoms with van der Waals surface area (Å²) in [5.74, 6) is 0. The first-order chi connectivity index (χ1) is 22.6. The highest BCUT2D eigenvalue weighted by Gasteiger charge is 2.37. The maximum atomic E-state index is 6.78. The molecular formula is C45H30O. The van der Waals surface area contributed by atoms with Crippen molar-refractivity contribution in [3.8, 4) is 33.4 Å². The van der Waals surface area contributed by atoms with Gasteiger partial charge in [0.05, 0.1) is 0 Å². The molecule has 0 atom stereocenters. The number of rotatable bonds is 2. The molecule has 1 aromatic heterocycles. The second kappa shape index (κ2) is 9.19. The monoisotopic (exact) mass is 586 g/mol. The molecule has 1 heteroatoms. The van der Waals surface area contributed by atoms with Crippen molar-refractivity contribution in [1.82, 2.24) is 0 Å². The van der Waals surface area contributed by atoms with Gasteiger partial charge in [-0.05, 0) is 77.8 Å². The molecule has 1 aliphatic rings. The molecule has 46 heavy (non-hydrogen) atoms. The fourth-order valence-electron chi connectivity index (χ4n) is 8.35. The van der Waals surface area contributed by atoms with Gasteiger partial charge in [0.1, 0.15) is 11.2 Å². The van der Waals surface area contributed by atoms with E-state index in [-0.39, 0.29) is 5.41 Å². The molecular weight excluding hydrogens is 556 g/mol. The SMILES string of the molecule is CC1(C)c2ccccc2-c2c(-c3c4ccccc4c(-c4cccc5c4oc4cc6ccccc6cc45)c4ccccc34)cccc21. The van der Waals surface area contributed by atoms with Crippen LogP contribution in [0.25, 0.3) is 87.6 Å². The zero-order valence-corrected chi connectivity index (χ0v) is 25.8. The lowest BCUT2D eigenvalue weighted by Crippen LogP contribution is -2.14. The predicted molar refractivity (Wildman–Crippen MR) is 195 cm³/mol. The Morgan fingerprint density at radius 2 is 0.891 bits per heavy atom. The van der Waals surface area contributed by atoms with E-state index in [0.29, 0.717) is 0 Å². The number of para-hydroxylation sites is 1. The number of fused-ring (bicyclic) bond motifs is 9. The van der Waals surface area contributed by atoms with Crippen LogP contribution in [-0.2, 0) is 5.41 Å². The molecule has 0 amide bonds. The maximum Gasteiger partial charge on any atom is 0.143 e. The Bertz CT molecular complexity index is 2660. The van der Waals surface area contributed by atoms with Crippen LogP contribution in [-0.4, -0.2) is 0 Å². The van der Waals surface area contributed by atoms with E-state index in [2.05, 4.69) is 159 Å². The average Bonchev–Trinajstić information content (AvgIpc) is 3.58. The molecule has 0 saturated carbocycles. The van der Waals surface area contributed by atoms with Crippen LogP contribution in [0.5, 0.6) is 0 Å². The average molecular weight is 587 g/mol. The topological polar surface area (TPSA) is 13.1 Å². The first kappa shape index (κ1) is 25.6. The van der Waals surface area contributed by atoms with Crippen molar-refractivity contribution in [1.29, 1.82) is 0 Å². The summed E-state index contributed by atoms with van der Waals surface area (Å²) in [5, 5.41) is 9.70. The minimum Gasteiger partial charge on any atom is -0.455 e.